The van der Waals surface area contributed by atoms with E-state index in [-0.39, 0.29) is 11.3 Å². The van der Waals surface area contributed by atoms with E-state index in [0.29, 0.717) is 12.0 Å². The highest BCUT2D eigenvalue weighted by Crippen LogP contribution is 2.40. The monoisotopic (exact) mass is 363 g/mol. The maximum Gasteiger partial charge on any atom is 0.353 e. The number of carboxylic acids is 1. The standard InChI is InChI=1S/C15H13N3O4S2/c19-6-7-4-16-11(13(20)21)14(22)24-12(7)8-5-18-9-2-1-3-10(9)23-15(18)17-8/h4-6,12,14,22H,1-3H2,(H,20,21)/t12-,14?/m0/s1. The predicted molar refractivity (Wildman–Crippen MR) is 90.7 cm³/mol. The smallest absolute Gasteiger partial charge is 0.353 e. The summed E-state index contributed by atoms with van der Waals surface area (Å²) in [7, 11) is 0. The van der Waals surface area contributed by atoms with Crippen molar-refractivity contribution in [2.45, 2.75) is 29.9 Å². The number of aldehydes is 1. The van der Waals surface area contributed by atoms with Crippen molar-refractivity contribution in [1.29, 1.82) is 0 Å². The van der Waals surface area contributed by atoms with E-state index >= 15 is 0 Å². The molecule has 3 heterocycles. The molecule has 2 aliphatic rings. The van der Waals surface area contributed by atoms with Gasteiger partial charge in [-0.25, -0.2) is 14.8 Å². The first-order chi connectivity index (χ1) is 11.6. The van der Waals surface area contributed by atoms with Gasteiger partial charge in [0, 0.05) is 28.5 Å². The molecule has 0 amide bonds. The van der Waals surface area contributed by atoms with Crippen LogP contribution in [0.5, 0.6) is 0 Å². The molecule has 0 radical (unpaired) electrons. The van der Waals surface area contributed by atoms with Crippen LogP contribution in [0.15, 0.2) is 23.0 Å². The molecule has 9 heteroatoms. The van der Waals surface area contributed by atoms with Crippen molar-refractivity contribution < 1.29 is 19.8 Å². The first-order valence-corrected chi connectivity index (χ1v) is 9.13. The van der Waals surface area contributed by atoms with Crippen molar-refractivity contribution in [3.63, 3.8) is 0 Å². The highest BCUT2D eigenvalue weighted by atomic mass is 32.2. The van der Waals surface area contributed by atoms with Gasteiger partial charge >= 0.3 is 5.97 Å². The zero-order valence-electron chi connectivity index (χ0n) is 12.4. The Kier molecular flexibility index (Phi) is 3.78. The lowest BCUT2D eigenvalue weighted by atomic mass is 10.2. The second-order valence-electron chi connectivity index (χ2n) is 5.58. The topological polar surface area (TPSA) is 104 Å². The summed E-state index contributed by atoms with van der Waals surface area (Å²) in [5.41, 5.74) is 0.459. The van der Waals surface area contributed by atoms with E-state index in [4.69, 9.17) is 5.11 Å². The summed E-state index contributed by atoms with van der Waals surface area (Å²) in [4.78, 5) is 33.1. The minimum atomic E-state index is -1.33. The molecule has 0 bridgehead atoms. The molecule has 2 atom stereocenters. The number of hydrogen-bond acceptors (Lipinski definition) is 7. The Balaban J connectivity index is 1.74. The zero-order valence-corrected chi connectivity index (χ0v) is 14.0. The lowest BCUT2D eigenvalue weighted by Gasteiger charge is -2.15. The van der Waals surface area contributed by atoms with E-state index in [2.05, 4.69) is 9.98 Å². The number of rotatable bonds is 3. The number of aliphatic hydroxyl groups excluding tert-OH is 1. The van der Waals surface area contributed by atoms with Gasteiger partial charge < -0.3 is 10.2 Å². The van der Waals surface area contributed by atoms with Crippen molar-refractivity contribution in [2.75, 3.05) is 0 Å². The van der Waals surface area contributed by atoms with Crippen molar-refractivity contribution in [2.24, 2.45) is 4.99 Å². The van der Waals surface area contributed by atoms with Gasteiger partial charge in [0.1, 0.15) is 11.7 Å². The molecule has 2 N–H and O–H groups in total. The van der Waals surface area contributed by atoms with Crippen LogP contribution in [-0.2, 0) is 22.4 Å². The number of aliphatic carboxylic acids is 1. The Hall–Kier alpha value is -1.97. The molecule has 0 aromatic carbocycles. The Labute approximate surface area is 144 Å². The number of carboxylic acid groups (broad SMARTS) is 1. The third-order valence-electron chi connectivity index (χ3n) is 4.11. The predicted octanol–water partition coefficient (Wildman–Crippen LogP) is 1.60. The van der Waals surface area contributed by atoms with Crippen LogP contribution in [0.2, 0.25) is 0 Å². The number of aryl methyl sites for hydroxylation is 2. The second-order valence-corrected chi connectivity index (χ2v) is 7.83. The van der Waals surface area contributed by atoms with Gasteiger partial charge in [-0.1, -0.05) is 0 Å². The summed E-state index contributed by atoms with van der Waals surface area (Å²) in [5.74, 6) is -1.30. The third-order valence-corrected chi connectivity index (χ3v) is 6.54. The molecule has 1 aliphatic heterocycles. The quantitative estimate of drug-likeness (QED) is 0.803. The zero-order chi connectivity index (χ0) is 16.8. The van der Waals surface area contributed by atoms with Crippen LogP contribution in [0.1, 0.15) is 27.9 Å². The number of aliphatic imine (C=N–C) groups is 1. The van der Waals surface area contributed by atoms with Gasteiger partial charge in [-0.2, -0.15) is 0 Å². The minimum Gasteiger partial charge on any atom is -0.477 e. The largest absolute Gasteiger partial charge is 0.477 e. The number of thioether (sulfide) groups is 1. The lowest BCUT2D eigenvalue weighted by Crippen LogP contribution is -2.25. The Morgan fingerprint density at radius 2 is 2.25 bits per heavy atom. The number of fused-ring (bicyclic) bond motifs is 3. The lowest BCUT2D eigenvalue weighted by molar-refractivity contribution is -0.129. The van der Waals surface area contributed by atoms with Crippen LogP contribution in [0, 0.1) is 0 Å². The summed E-state index contributed by atoms with van der Waals surface area (Å²) in [5, 5.41) is 18.7. The molecule has 24 heavy (non-hydrogen) atoms. The fourth-order valence-electron chi connectivity index (χ4n) is 2.99. The molecule has 0 spiro atoms. The van der Waals surface area contributed by atoms with E-state index in [0.717, 1.165) is 36.0 Å². The first kappa shape index (κ1) is 15.6. The SMILES string of the molecule is O=CC1=CN=C(C(=O)O)C(O)S[C@@H]1c1cn2c3c(sc2n1)CCC3. The van der Waals surface area contributed by atoms with Gasteiger partial charge in [0.2, 0.25) is 0 Å². The third kappa shape index (κ3) is 2.40. The van der Waals surface area contributed by atoms with Gasteiger partial charge in [0.25, 0.3) is 0 Å². The number of carbonyl (C=O) groups excluding carboxylic acids is 1. The van der Waals surface area contributed by atoms with Crippen molar-refractivity contribution >= 4 is 46.0 Å². The summed E-state index contributed by atoms with van der Waals surface area (Å²) in [6.45, 7) is 0. The van der Waals surface area contributed by atoms with E-state index in [9.17, 15) is 14.7 Å². The fourth-order valence-corrected chi connectivity index (χ4v) is 5.26. The van der Waals surface area contributed by atoms with Gasteiger partial charge in [-0.15, -0.1) is 23.1 Å². The number of aromatic nitrogens is 2. The Morgan fingerprint density at radius 3 is 3.00 bits per heavy atom. The number of hydrogen-bond donors (Lipinski definition) is 2. The normalized spacial score (nSPS) is 23.5. The molecule has 1 unspecified atom stereocenters. The molecule has 2 aromatic heterocycles. The summed E-state index contributed by atoms with van der Waals surface area (Å²) in [6, 6.07) is 0. The number of nitrogens with zero attached hydrogens (tertiary/aromatic N) is 3. The first-order valence-electron chi connectivity index (χ1n) is 7.37. The maximum absolute atomic E-state index is 11.4. The summed E-state index contributed by atoms with van der Waals surface area (Å²) in [6.07, 6.45) is 6.94. The number of thiazole rings is 1. The minimum absolute atomic E-state index is 0.290. The van der Waals surface area contributed by atoms with Crippen molar-refractivity contribution in [3.8, 4) is 0 Å². The van der Waals surface area contributed by atoms with Crippen LogP contribution in [0.25, 0.3) is 4.96 Å². The molecule has 2 aromatic rings. The molecule has 1 aliphatic carbocycles. The number of aliphatic hydroxyl groups is 1. The molecule has 0 fully saturated rings. The van der Waals surface area contributed by atoms with Crippen LogP contribution < -0.4 is 0 Å². The second kappa shape index (κ2) is 5.83. The fraction of sp³-hybridized carbons (Fsp3) is 0.333. The Morgan fingerprint density at radius 1 is 1.42 bits per heavy atom. The molecule has 0 saturated heterocycles. The molecule has 7 nitrogen and oxygen atoms in total. The van der Waals surface area contributed by atoms with E-state index in [1.54, 1.807) is 11.3 Å². The molecular weight excluding hydrogens is 350 g/mol. The van der Waals surface area contributed by atoms with E-state index in [1.807, 2.05) is 10.6 Å². The van der Waals surface area contributed by atoms with Crippen LogP contribution >= 0.6 is 23.1 Å². The van der Waals surface area contributed by atoms with Gasteiger partial charge in [-0.05, 0) is 19.3 Å². The summed E-state index contributed by atoms with van der Waals surface area (Å²) >= 11 is 2.60. The number of carbonyl (C=O) groups is 2. The van der Waals surface area contributed by atoms with Gasteiger partial charge in [0.05, 0.1) is 10.9 Å². The van der Waals surface area contributed by atoms with Crippen LogP contribution in [0.4, 0.5) is 0 Å². The molecule has 4 rings (SSSR count). The van der Waals surface area contributed by atoms with Crippen LogP contribution in [0.3, 0.4) is 0 Å². The molecule has 0 saturated carbocycles. The highest BCUT2D eigenvalue weighted by Gasteiger charge is 2.32. The van der Waals surface area contributed by atoms with E-state index in [1.165, 1.54) is 16.8 Å². The Bertz CT molecular complexity index is 911. The van der Waals surface area contributed by atoms with Crippen molar-refractivity contribution in [1.82, 2.24) is 9.38 Å². The van der Waals surface area contributed by atoms with Gasteiger partial charge in [0.15, 0.2) is 10.7 Å². The summed E-state index contributed by atoms with van der Waals surface area (Å²) < 4.78 is 2.04. The highest BCUT2D eigenvalue weighted by molar-refractivity contribution is 8.01. The number of imidazole rings is 1. The molecular formula is C15H13N3O4S2. The maximum atomic E-state index is 11.4. The molecule has 124 valence electrons. The van der Waals surface area contributed by atoms with Crippen molar-refractivity contribution in [3.05, 3.63) is 34.2 Å². The average molecular weight is 363 g/mol. The average Bonchev–Trinajstić information content (AvgIpc) is 3.18. The van der Waals surface area contributed by atoms with Gasteiger partial charge in [-0.3, -0.25) is 9.20 Å². The van der Waals surface area contributed by atoms with Crippen LogP contribution in [-0.4, -0.2) is 43.0 Å². The van der Waals surface area contributed by atoms with E-state index < -0.39 is 16.7 Å².